The lowest BCUT2D eigenvalue weighted by Gasteiger charge is -2.07. The molecule has 1 heterocycles. The third kappa shape index (κ3) is 4.18. The average molecular weight is 347 g/mol. The number of azo groups is 1. The number of aromatic hydroxyl groups is 1. The predicted molar refractivity (Wildman–Crippen MR) is 101 cm³/mol. The number of nitrogens with zero attached hydrogens (tertiary/aromatic N) is 5. The Morgan fingerprint density at radius 2 is 1.88 bits per heavy atom. The molecule has 0 saturated carbocycles. The molecular formula is C18H17N7O. The van der Waals surface area contributed by atoms with Crippen LogP contribution in [0.15, 0.2) is 65.3 Å². The SMILES string of the molecule is C=C(C)c1nc(N)nc(Nc2cccc(N=Nc3ccccc3O)c2)n1. The molecule has 0 aliphatic carbocycles. The predicted octanol–water partition coefficient (Wildman–Crippen LogP) is 4.35. The van der Waals surface area contributed by atoms with Crippen molar-refractivity contribution >= 4 is 34.5 Å². The van der Waals surface area contributed by atoms with Crippen molar-refractivity contribution in [3.63, 3.8) is 0 Å². The molecule has 3 aromatic rings. The van der Waals surface area contributed by atoms with Gasteiger partial charge in [-0.25, -0.2) is 0 Å². The quantitative estimate of drug-likeness (QED) is 0.590. The molecule has 0 unspecified atom stereocenters. The van der Waals surface area contributed by atoms with E-state index in [4.69, 9.17) is 5.73 Å². The number of hydrogen-bond acceptors (Lipinski definition) is 8. The van der Waals surface area contributed by atoms with Crippen LogP contribution < -0.4 is 11.1 Å². The van der Waals surface area contributed by atoms with Gasteiger partial charge < -0.3 is 16.2 Å². The van der Waals surface area contributed by atoms with E-state index in [1.807, 2.05) is 12.1 Å². The van der Waals surface area contributed by atoms with E-state index in [1.54, 1.807) is 43.3 Å². The molecule has 26 heavy (non-hydrogen) atoms. The average Bonchev–Trinajstić information content (AvgIpc) is 2.61. The Kier molecular flexibility index (Phi) is 4.84. The van der Waals surface area contributed by atoms with Crippen molar-refractivity contribution < 1.29 is 5.11 Å². The molecule has 0 spiro atoms. The number of phenols is 1. The zero-order valence-corrected chi connectivity index (χ0v) is 14.1. The normalized spacial score (nSPS) is 10.8. The zero-order valence-electron chi connectivity index (χ0n) is 14.1. The van der Waals surface area contributed by atoms with Gasteiger partial charge in [0.1, 0.15) is 11.4 Å². The number of aromatic nitrogens is 3. The van der Waals surface area contributed by atoms with E-state index in [2.05, 4.69) is 37.1 Å². The molecule has 0 bridgehead atoms. The van der Waals surface area contributed by atoms with Crippen molar-refractivity contribution in [2.24, 2.45) is 10.2 Å². The molecule has 8 heteroatoms. The second kappa shape index (κ2) is 7.39. The highest BCUT2D eigenvalue weighted by molar-refractivity contribution is 5.62. The Balaban J connectivity index is 1.82. The van der Waals surface area contributed by atoms with Gasteiger partial charge in [0.15, 0.2) is 5.82 Å². The number of hydrogen-bond donors (Lipinski definition) is 3. The first-order valence-corrected chi connectivity index (χ1v) is 7.75. The summed E-state index contributed by atoms with van der Waals surface area (Å²) in [5.74, 6) is 0.912. The molecule has 0 saturated heterocycles. The number of rotatable bonds is 5. The fraction of sp³-hybridized carbons (Fsp3) is 0.0556. The molecule has 0 amide bonds. The Bertz CT molecular complexity index is 985. The lowest BCUT2D eigenvalue weighted by atomic mass is 10.3. The van der Waals surface area contributed by atoms with Crippen LogP contribution in [0.25, 0.3) is 5.57 Å². The standard InChI is InChI=1S/C18H17N7O/c1-11(2)16-21-17(19)23-18(22-16)20-12-6-5-7-13(10-12)24-25-14-8-3-4-9-15(14)26/h3-10,26H,1H2,2H3,(H3,19,20,21,22,23). The van der Waals surface area contributed by atoms with Gasteiger partial charge in [0.2, 0.25) is 11.9 Å². The van der Waals surface area contributed by atoms with Crippen LogP contribution in [0.3, 0.4) is 0 Å². The van der Waals surface area contributed by atoms with Crippen molar-refractivity contribution in [3.05, 3.63) is 60.9 Å². The summed E-state index contributed by atoms with van der Waals surface area (Å²) in [5, 5.41) is 21.0. The number of phenolic OH excluding ortho intramolecular Hbond substituents is 1. The van der Waals surface area contributed by atoms with Gasteiger partial charge in [-0.05, 0) is 42.8 Å². The summed E-state index contributed by atoms with van der Waals surface area (Å²) in [4.78, 5) is 12.3. The first kappa shape index (κ1) is 17.0. The summed E-state index contributed by atoms with van der Waals surface area (Å²) in [6.07, 6.45) is 0. The van der Waals surface area contributed by atoms with Crippen molar-refractivity contribution in [2.75, 3.05) is 11.1 Å². The van der Waals surface area contributed by atoms with E-state index in [9.17, 15) is 5.11 Å². The molecule has 0 aliphatic rings. The summed E-state index contributed by atoms with van der Waals surface area (Å²) in [5.41, 5.74) is 8.09. The summed E-state index contributed by atoms with van der Waals surface area (Å²) in [6, 6.07) is 13.9. The van der Waals surface area contributed by atoms with Crippen LogP contribution in [-0.2, 0) is 0 Å². The van der Waals surface area contributed by atoms with Crippen LogP contribution in [0.5, 0.6) is 5.75 Å². The highest BCUT2D eigenvalue weighted by Crippen LogP contribution is 2.28. The third-order valence-corrected chi connectivity index (χ3v) is 3.29. The van der Waals surface area contributed by atoms with Crippen LogP contribution in [0, 0.1) is 0 Å². The number of allylic oxidation sites excluding steroid dienone is 1. The number of nitrogens with one attached hydrogen (secondary N) is 1. The Hall–Kier alpha value is -3.81. The summed E-state index contributed by atoms with van der Waals surface area (Å²) in [7, 11) is 0. The molecular weight excluding hydrogens is 330 g/mol. The van der Waals surface area contributed by atoms with Crippen LogP contribution in [0.4, 0.5) is 29.0 Å². The molecule has 0 atom stereocenters. The van der Waals surface area contributed by atoms with E-state index >= 15 is 0 Å². The van der Waals surface area contributed by atoms with Crippen molar-refractivity contribution in [3.8, 4) is 5.75 Å². The molecule has 130 valence electrons. The highest BCUT2D eigenvalue weighted by Gasteiger charge is 2.06. The van der Waals surface area contributed by atoms with Gasteiger partial charge >= 0.3 is 0 Å². The third-order valence-electron chi connectivity index (χ3n) is 3.29. The van der Waals surface area contributed by atoms with Gasteiger partial charge in [-0.2, -0.15) is 20.1 Å². The lowest BCUT2D eigenvalue weighted by molar-refractivity contribution is 0.476. The second-order valence-electron chi connectivity index (χ2n) is 5.49. The van der Waals surface area contributed by atoms with Gasteiger partial charge in [-0.3, -0.25) is 0 Å². The van der Waals surface area contributed by atoms with E-state index in [1.165, 1.54) is 0 Å². The van der Waals surface area contributed by atoms with Gasteiger partial charge in [0.05, 0.1) is 5.69 Å². The highest BCUT2D eigenvalue weighted by atomic mass is 16.3. The number of nitrogens with two attached hydrogens (primary N) is 1. The molecule has 0 fully saturated rings. The maximum absolute atomic E-state index is 9.73. The minimum Gasteiger partial charge on any atom is -0.506 e. The van der Waals surface area contributed by atoms with Gasteiger partial charge in [-0.15, -0.1) is 5.11 Å². The number of benzene rings is 2. The van der Waals surface area contributed by atoms with Crippen LogP contribution in [-0.4, -0.2) is 20.1 Å². The maximum atomic E-state index is 9.73. The minimum atomic E-state index is 0.0681. The molecule has 8 nitrogen and oxygen atoms in total. The number of nitrogen functional groups attached to an aromatic ring is 1. The molecule has 0 radical (unpaired) electrons. The van der Waals surface area contributed by atoms with Crippen molar-refractivity contribution in [1.82, 2.24) is 15.0 Å². The lowest BCUT2D eigenvalue weighted by Crippen LogP contribution is -2.06. The Morgan fingerprint density at radius 3 is 2.65 bits per heavy atom. The fourth-order valence-corrected chi connectivity index (χ4v) is 2.07. The largest absolute Gasteiger partial charge is 0.506 e. The molecule has 3 rings (SSSR count). The van der Waals surface area contributed by atoms with E-state index < -0.39 is 0 Å². The minimum absolute atomic E-state index is 0.0681. The summed E-state index contributed by atoms with van der Waals surface area (Å²) in [6.45, 7) is 5.60. The summed E-state index contributed by atoms with van der Waals surface area (Å²) < 4.78 is 0. The van der Waals surface area contributed by atoms with E-state index in [0.717, 1.165) is 0 Å². The monoisotopic (exact) mass is 347 g/mol. The first-order valence-electron chi connectivity index (χ1n) is 7.75. The smallest absolute Gasteiger partial charge is 0.232 e. The fourth-order valence-electron chi connectivity index (χ4n) is 2.07. The van der Waals surface area contributed by atoms with Gasteiger partial charge in [0, 0.05) is 5.69 Å². The topological polar surface area (TPSA) is 122 Å². The van der Waals surface area contributed by atoms with Crippen LogP contribution in [0.2, 0.25) is 0 Å². The van der Waals surface area contributed by atoms with Crippen molar-refractivity contribution in [1.29, 1.82) is 0 Å². The molecule has 4 N–H and O–H groups in total. The zero-order chi connectivity index (χ0) is 18.5. The van der Waals surface area contributed by atoms with E-state index in [-0.39, 0.29) is 11.7 Å². The molecule has 0 aliphatic heterocycles. The Labute approximate surface area is 150 Å². The molecule has 2 aromatic carbocycles. The second-order valence-corrected chi connectivity index (χ2v) is 5.49. The molecule has 1 aromatic heterocycles. The Morgan fingerprint density at radius 1 is 1.08 bits per heavy atom. The number of anilines is 3. The van der Waals surface area contributed by atoms with Gasteiger partial charge in [-0.1, -0.05) is 24.8 Å². The summed E-state index contributed by atoms with van der Waals surface area (Å²) >= 11 is 0. The van der Waals surface area contributed by atoms with Gasteiger partial charge in [0.25, 0.3) is 0 Å². The van der Waals surface area contributed by atoms with Crippen molar-refractivity contribution in [2.45, 2.75) is 6.92 Å². The van der Waals surface area contributed by atoms with Crippen LogP contribution >= 0.6 is 0 Å². The van der Waals surface area contributed by atoms with Crippen LogP contribution in [0.1, 0.15) is 12.7 Å². The maximum Gasteiger partial charge on any atom is 0.232 e. The number of para-hydroxylation sites is 1. The van der Waals surface area contributed by atoms with E-state index in [0.29, 0.717) is 34.4 Å². The first-order chi connectivity index (χ1) is 12.5.